The number of carbonyl (C=O) groups excluding carboxylic acids is 2. The van der Waals surface area contributed by atoms with E-state index in [4.69, 9.17) is 0 Å². The Hall–Kier alpha value is -3.08. The van der Waals surface area contributed by atoms with E-state index < -0.39 is 6.04 Å². The number of anilines is 1. The van der Waals surface area contributed by atoms with E-state index in [0.29, 0.717) is 18.7 Å². The highest BCUT2D eigenvalue weighted by molar-refractivity contribution is 6.11. The predicted octanol–water partition coefficient (Wildman–Crippen LogP) is 3.64. The number of amides is 3. The van der Waals surface area contributed by atoms with Gasteiger partial charge >= 0.3 is 6.03 Å². The van der Waals surface area contributed by atoms with E-state index in [1.54, 1.807) is 9.80 Å². The Morgan fingerprint density at radius 2 is 1.70 bits per heavy atom. The maximum absolute atomic E-state index is 13.3. The molecule has 2 aliphatic heterocycles. The van der Waals surface area contributed by atoms with Gasteiger partial charge in [0.1, 0.15) is 0 Å². The van der Waals surface area contributed by atoms with E-state index in [-0.39, 0.29) is 11.9 Å². The lowest BCUT2D eigenvalue weighted by Gasteiger charge is -2.32. The van der Waals surface area contributed by atoms with Gasteiger partial charge in [-0.3, -0.25) is 9.69 Å². The molecule has 2 aromatic carbocycles. The standard InChI is InChI=1S/C22H23N3O2/c1-3-15-10-12-17(13-11-15)25-14-18-19(21(25)26)20(16-8-6-5-7-9-16)23-22(27)24(18)4-2/h5-13,20H,3-4,14H2,1-2H3,(H,23,27)/t20-/m1/s1. The number of hydrogen-bond donors (Lipinski definition) is 1. The Morgan fingerprint density at radius 1 is 1.00 bits per heavy atom. The van der Waals surface area contributed by atoms with Crippen LogP contribution in [0.25, 0.3) is 0 Å². The van der Waals surface area contributed by atoms with Crippen LogP contribution in [0.4, 0.5) is 10.5 Å². The zero-order valence-electron chi connectivity index (χ0n) is 15.6. The average Bonchev–Trinajstić information content (AvgIpc) is 3.05. The van der Waals surface area contributed by atoms with Crippen molar-refractivity contribution in [1.29, 1.82) is 0 Å². The first-order valence-electron chi connectivity index (χ1n) is 9.40. The number of nitrogens with one attached hydrogen (secondary N) is 1. The van der Waals surface area contributed by atoms with E-state index in [9.17, 15) is 9.59 Å². The number of urea groups is 1. The molecule has 5 nitrogen and oxygen atoms in total. The summed E-state index contributed by atoms with van der Waals surface area (Å²) in [5.41, 5.74) is 4.49. The molecule has 3 amide bonds. The molecule has 0 bridgehead atoms. The molecule has 1 atom stereocenters. The summed E-state index contributed by atoms with van der Waals surface area (Å²) in [6.45, 7) is 4.99. The molecule has 4 rings (SSSR count). The van der Waals surface area contributed by atoms with Gasteiger partial charge in [0.2, 0.25) is 0 Å². The minimum atomic E-state index is -0.413. The highest BCUT2D eigenvalue weighted by Gasteiger charge is 2.43. The summed E-state index contributed by atoms with van der Waals surface area (Å²) >= 11 is 0. The van der Waals surface area contributed by atoms with Crippen molar-refractivity contribution in [3.05, 3.63) is 77.0 Å². The van der Waals surface area contributed by atoms with Crippen LogP contribution >= 0.6 is 0 Å². The van der Waals surface area contributed by atoms with E-state index >= 15 is 0 Å². The molecule has 0 spiro atoms. The lowest BCUT2D eigenvalue weighted by atomic mass is 9.95. The quantitative estimate of drug-likeness (QED) is 0.904. The summed E-state index contributed by atoms with van der Waals surface area (Å²) in [4.78, 5) is 29.4. The molecular weight excluding hydrogens is 338 g/mol. The zero-order chi connectivity index (χ0) is 19.0. The molecular formula is C22H23N3O2. The summed E-state index contributed by atoms with van der Waals surface area (Å²) in [6, 6.07) is 17.2. The predicted molar refractivity (Wildman–Crippen MR) is 105 cm³/mol. The smallest absolute Gasteiger partial charge is 0.322 e. The number of nitrogens with zero attached hydrogens (tertiary/aromatic N) is 2. The number of aryl methyl sites for hydroxylation is 1. The summed E-state index contributed by atoms with van der Waals surface area (Å²) < 4.78 is 0. The van der Waals surface area contributed by atoms with Gasteiger partial charge in [-0.05, 0) is 36.6 Å². The number of benzene rings is 2. The maximum atomic E-state index is 13.3. The highest BCUT2D eigenvalue weighted by atomic mass is 16.2. The van der Waals surface area contributed by atoms with Gasteiger partial charge in [-0.2, -0.15) is 0 Å². The molecule has 2 aliphatic rings. The van der Waals surface area contributed by atoms with E-state index in [1.165, 1.54) is 5.56 Å². The Labute approximate surface area is 159 Å². The number of hydrogen-bond acceptors (Lipinski definition) is 2. The zero-order valence-corrected chi connectivity index (χ0v) is 15.6. The van der Waals surface area contributed by atoms with Crippen molar-refractivity contribution in [2.24, 2.45) is 0 Å². The van der Waals surface area contributed by atoms with Crippen molar-refractivity contribution >= 4 is 17.6 Å². The van der Waals surface area contributed by atoms with E-state index in [1.807, 2.05) is 49.4 Å². The van der Waals surface area contributed by atoms with Crippen LogP contribution in [-0.2, 0) is 11.2 Å². The molecule has 0 saturated heterocycles. The van der Waals surface area contributed by atoms with E-state index in [0.717, 1.165) is 23.4 Å². The van der Waals surface area contributed by atoms with Gasteiger partial charge in [0.15, 0.2) is 0 Å². The van der Waals surface area contributed by atoms with Gasteiger partial charge in [-0.25, -0.2) is 4.79 Å². The summed E-state index contributed by atoms with van der Waals surface area (Å²) in [6.07, 6.45) is 0.959. The van der Waals surface area contributed by atoms with Crippen molar-refractivity contribution in [3.63, 3.8) is 0 Å². The second-order valence-corrected chi connectivity index (χ2v) is 6.81. The molecule has 0 fully saturated rings. The lowest BCUT2D eigenvalue weighted by Crippen LogP contribution is -2.47. The molecule has 0 aromatic heterocycles. The van der Waals surface area contributed by atoms with Gasteiger partial charge in [0, 0.05) is 12.2 Å². The van der Waals surface area contributed by atoms with Crippen LogP contribution in [0.1, 0.15) is 31.0 Å². The number of rotatable bonds is 4. The molecule has 0 unspecified atom stereocenters. The largest absolute Gasteiger partial charge is 0.326 e. The van der Waals surface area contributed by atoms with Crippen molar-refractivity contribution < 1.29 is 9.59 Å². The van der Waals surface area contributed by atoms with Crippen LogP contribution in [0.3, 0.4) is 0 Å². The van der Waals surface area contributed by atoms with Crippen LogP contribution in [-0.4, -0.2) is 29.9 Å². The average molecular weight is 361 g/mol. The second kappa shape index (κ2) is 6.91. The number of likely N-dealkylation sites (N-methyl/N-ethyl adjacent to an activating group) is 1. The third-order valence-electron chi connectivity index (χ3n) is 5.33. The molecule has 27 heavy (non-hydrogen) atoms. The molecule has 2 aromatic rings. The highest BCUT2D eigenvalue weighted by Crippen LogP contribution is 2.37. The van der Waals surface area contributed by atoms with Crippen LogP contribution in [0.5, 0.6) is 0 Å². The van der Waals surface area contributed by atoms with Gasteiger partial charge in [0.25, 0.3) is 5.91 Å². The molecule has 5 heteroatoms. The van der Waals surface area contributed by atoms with Gasteiger partial charge < -0.3 is 10.2 Å². The van der Waals surface area contributed by atoms with Crippen molar-refractivity contribution in [2.75, 3.05) is 18.0 Å². The third kappa shape index (κ3) is 2.89. The van der Waals surface area contributed by atoms with E-state index in [2.05, 4.69) is 24.4 Å². The summed E-state index contributed by atoms with van der Waals surface area (Å²) in [5.74, 6) is -0.0402. The van der Waals surface area contributed by atoms with Crippen molar-refractivity contribution in [2.45, 2.75) is 26.3 Å². The Bertz CT molecular complexity index is 903. The van der Waals surface area contributed by atoms with Crippen molar-refractivity contribution in [3.8, 4) is 0 Å². The Morgan fingerprint density at radius 3 is 2.33 bits per heavy atom. The van der Waals surface area contributed by atoms with Crippen LogP contribution in [0.2, 0.25) is 0 Å². The first kappa shape index (κ1) is 17.3. The van der Waals surface area contributed by atoms with Gasteiger partial charge in [-0.1, -0.05) is 49.4 Å². The monoisotopic (exact) mass is 361 g/mol. The second-order valence-electron chi connectivity index (χ2n) is 6.81. The van der Waals surface area contributed by atoms with Gasteiger partial charge in [0.05, 0.1) is 23.9 Å². The van der Waals surface area contributed by atoms with Crippen LogP contribution < -0.4 is 10.2 Å². The van der Waals surface area contributed by atoms with Gasteiger partial charge in [-0.15, -0.1) is 0 Å². The molecule has 0 aliphatic carbocycles. The fourth-order valence-corrected chi connectivity index (χ4v) is 3.84. The fraction of sp³-hybridized carbons (Fsp3) is 0.273. The summed E-state index contributed by atoms with van der Waals surface area (Å²) in [5, 5.41) is 3.01. The molecule has 138 valence electrons. The van der Waals surface area contributed by atoms with Crippen LogP contribution in [0.15, 0.2) is 65.9 Å². The normalized spacial score (nSPS) is 19.4. The minimum absolute atomic E-state index is 0.0402. The third-order valence-corrected chi connectivity index (χ3v) is 5.33. The topological polar surface area (TPSA) is 52.7 Å². The molecule has 2 heterocycles. The SMILES string of the molecule is CCc1ccc(N2CC3=C(C2=O)[C@@H](c2ccccc2)NC(=O)N3CC)cc1. The molecule has 1 N–H and O–H groups in total. The van der Waals surface area contributed by atoms with Crippen LogP contribution in [0, 0.1) is 0 Å². The first-order chi connectivity index (χ1) is 13.1. The molecule has 0 saturated carbocycles. The first-order valence-corrected chi connectivity index (χ1v) is 9.40. The lowest BCUT2D eigenvalue weighted by molar-refractivity contribution is -0.114. The summed E-state index contributed by atoms with van der Waals surface area (Å²) in [7, 11) is 0. The Kier molecular flexibility index (Phi) is 4.44. The minimum Gasteiger partial charge on any atom is -0.326 e. The maximum Gasteiger partial charge on any atom is 0.322 e. The number of carbonyl (C=O) groups is 2. The Balaban J connectivity index is 1.74. The van der Waals surface area contributed by atoms with Crippen molar-refractivity contribution in [1.82, 2.24) is 10.2 Å². The molecule has 0 radical (unpaired) electrons. The fourth-order valence-electron chi connectivity index (χ4n) is 3.84.